The predicted octanol–water partition coefficient (Wildman–Crippen LogP) is 2.34. The molecule has 1 saturated heterocycles. The first kappa shape index (κ1) is 16.0. The first-order chi connectivity index (χ1) is 11.2. The van der Waals surface area contributed by atoms with Crippen LogP contribution in [0.2, 0.25) is 0 Å². The van der Waals surface area contributed by atoms with E-state index < -0.39 is 6.10 Å². The SMILES string of the molecule is Cc1cccc(OC[C@@H](O)CN2CCC[C@H](c3ncc[nH]3)C2)c1. The number of rotatable bonds is 6. The van der Waals surface area contributed by atoms with E-state index in [1.807, 2.05) is 37.4 Å². The minimum atomic E-state index is -0.481. The third-order valence-electron chi connectivity index (χ3n) is 4.31. The van der Waals surface area contributed by atoms with Crippen LogP contribution >= 0.6 is 0 Å². The Bertz CT molecular complexity index is 600. The molecule has 0 saturated carbocycles. The second kappa shape index (κ2) is 7.62. The Morgan fingerprint density at radius 3 is 3.17 bits per heavy atom. The van der Waals surface area contributed by atoms with E-state index >= 15 is 0 Å². The third kappa shape index (κ3) is 4.56. The van der Waals surface area contributed by atoms with E-state index in [0.717, 1.165) is 43.1 Å². The lowest BCUT2D eigenvalue weighted by Gasteiger charge is -2.33. The van der Waals surface area contributed by atoms with Crippen LogP contribution in [-0.2, 0) is 0 Å². The number of benzene rings is 1. The lowest BCUT2D eigenvalue weighted by molar-refractivity contribution is 0.0578. The number of hydrogen-bond acceptors (Lipinski definition) is 4. The molecule has 2 heterocycles. The average molecular weight is 315 g/mol. The number of imidazole rings is 1. The lowest BCUT2D eigenvalue weighted by Crippen LogP contribution is -2.41. The van der Waals surface area contributed by atoms with Crippen molar-refractivity contribution in [2.24, 2.45) is 0 Å². The molecule has 5 heteroatoms. The largest absolute Gasteiger partial charge is 0.491 e. The predicted molar refractivity (Wildman–Crippen MR) is 89.7 cm³/mol. The van der Waals surface area contributed by atoms with Crippen molar-refractivity contribution in [2.75, 3.05) is 26.2 Å². The van der Waals surface area contributed by atoms with Crippen molar-refractivity contribution in [1.29, 1.82) is 0 Å². The number of nitrogens with zero attached hydrogens (tertiary/aromatic N) is 2. The van der Waals surface area contributed by atoms with Crippen LogP contribution in [0.25, 0.3) is 0 Å². The molecule has 5 nitrogen and oxygen atoms in total. The molecule has 0 bridgehead atoms. The van der Waals surface area contributed by atoms with Gasteiger partial charge in [-0.1, -0.05) is 12.1 Å². The smallest absolute Gasteiger partial charge is 0.119 e. The number of aromatic amines is 1. The maximum Gasteiger partial charge on any atom is 0.119 e. The molecule has 0 unspecified atom stereocenters. The monoisotopic (exact) mass is 315 g/mol. The van der Waals surface area contributed by atoms with Gasteiger partial charge in [0.15, 0.2) is 0 Å². The molecular formula is C18H25N3O2. The van der Waals surface area contributed by atoms with E-state index in [2.05, 4.69) is 14.9 Å². The van der Waals surface area contributed by atoms with Gasteiger partial charge in [-0.05, 0) is 44.0 Å². The molecule has 124 valence electrons. The second-order valence-corrected chi connectivity index (χ2v) is 6.35. The zero-order valence-corrected chi connectivity index (χ0v) is 13.6. The van der Waals surface area contributed by atoms with Crippen LogP contribution in [0.4, 0.5) is 0 Å². The van der Waals surface area contributed by atoms with Crippen molar-refractivity contribution >= 4 is 0 Å². The molecule has 23 heavy (non-hydrogen) atoms. The van der Waals surface area contributed by atoms with Crippen LogP contribution in [0.5, 0.6) is 5.75 Å². The van der Waals surface area contributed by atoms with Crippen LogP contribution in [0.15, 0.2) is 36.7 Å². The molecule has 2 N–H and O–H groups in total. The molecule has 0 radical (unpaired) electrons. The van der Waals surface area contributed by atoms with Gasteiger partial charge in [0.2, 0.25) is 0 Å². The van der Waals surface area contributed by atoms with E-state index in [-0.39, 0.29) is 0 Å². The first-order valence-electron chi connectivity index (χ1n) is 8.30. The molecule has 1 aromatic heterocycles. The highest BCUT2D eigenvalue weighted by atomic mass is 16.5. The third-order valence-corrected chi connectivity index (χ3v) is 4.31. The van der Waals surface area contributed by atoms with Gasteiger partial charge in [-0.2, -0.15) is 0 Å². The van der Waals surface area contributed by atoms with Gasteiger partial charge in [-0.15, -0.1) is 0 Å². The number of H-pyrrole nitrogens is 1. The molecular weight excluding hydrogens is 290 g/mol. The number of likely N-dealkylation sites (tertiary alicyclic amines) is 1. The first-order valence-corrected chi connectivity index (χ1v) is 8.30. The highest BCUT2D eigenvalue weighted by Crippen LogP contribution is 2.24. The summed E-state index contributed by atoms with van der Waals surface area (Å²) in [4.78, 5) is 9.88. The normalized spacial score (nSPS) is 20.3. The standard InChI is InChI=1S/C18H25N3O2/c1-14-4-2-6-17(10-14)23-13-16(22)12-21-9-3-5-15(11-21)18-19-7-8-20-18/h2,4,6-8,10,15-16,22H,3,5,9,11-13H2,1H3,(H,19,20)/t15-,16-/m0/s1. The van der Waals surface area contributed by atoms with Crippen LogP contribution in [0, 0.1) is 6.92 Å². The van der Waals surface area contributed by atoms with Crippen molar-refractivity contribution in [3.63, 3.8) is 0 Å². The van der Waals surface area contributed by atoms with Gasteiger partial charge in [0, 0.05) is 31.4 Å². The molecule has 2 atom stereocenters. The number of β-amino-alcohol motifs (C(OH)–C–C–N with tert-alkyl or cyclic N) is 1. The molecule has 2 aromatic rings. The Morgan fingerprint density at radius 1 is 1.48 bits per heavy atom. The molecule has 1 fully saturated rings. The zero-order valence-electron chi connectivity index (χ0n) is 13.6. The molecule has 0 amide bonds. The summed E-state index contributed by atoms with van der Waals surface area (Å²) in [5.74, 6) is 2.31. The molecule has 0 spiro atoms. The quantitative estimate of drug-likeness (QED) is 0.859. The summed E-state index contributed by atoms with van der Waals surface area (Å²) in [7, 11) is 0. The summed E-state index contributed by atoms with van der Waals surface area (Å²) in [5.41, 5.74) is 1.16. The molecule has 1 aliphatic rings. The van der Waals surface area contributed by atoms with Crippen molar-refractivity contribution in [3.05, 3.63) is 48.0 Å². The van der Waals surface area contributed by atoms with Crippen LogP contribution in [-0.4, -0.2) is 52.3 Å². The summed E-state index contributed by atoms with van der Waals surface area (Å²) in [5, 5.41) is 10.3. The molecule has 1 aliphatic heterocycles. The van der Waals surface area contributed by atoms with Crippen LogP contribution in [0.1, 0.15) is 30.1 Å². The fourth-order valence-corrected chi connectivity index (χ4v) is 3.19. The lowest BCUT2D eigenvalue weighted by atomic mass is 9.97. The van der Waals surface area contributed by atoms with E-state index in [9.17, 15) is 5.11 Å². The van der Waals surface area contributed by atoms with Crippen molar-refractivity contribution in [3.8, 4) is 5.75 Å². The maximum atomic E-state index is 10.3. The van der Waals surface area contributed by atoms with Gasteiger partial charge in [0.05, 0.1) is 0 Å². The van der Waals surface area contributed by atoms with Gasteiger partial charge < -0.3 is 14.8 Å². The highest BCUT2D eigenvalue weighted by Gasteiger charge is 2.24. The molecule has 3 rings (SSSR count). The number of piperidine rings is 1. The minimum Gasteiger partial charge on any atom is -0.491 e. The molecule has 0 aliphatic carbocycles. The maximum absolute atomic E-state index is 10.3. The number of ether oxygens (including phenoxy) is 1. The van der Waals surface area contributed by atoms with Gasteiger partial charge >= 0.3 is 0 Å². The van der Waals surface area contributed by atoms with E-state index in [1.165, 1.54) is 0 Å². The van der Waals surface area contributed by atoms with Gasteiger partial charge in [0.1, 0.15) is 24.3 Å². The number of aliphatic hydroxyl groups excluding tert-OH is 1. The van der Waals surface area contributed by atoms with Crippen LogP contribution < -0.4 is 4.74 Å². The topological polar surface area (TPSA) is 61.4 Å². The molecule has 1 aromatic carbocycles. The minimum absolute atomic E-state index is 0.325. The Morgan fingerprint density at radius 2 is 2.39 bits per heavy atom. The summed E-state index contributed by atoms with van der Waals surface area (Å²) in [6.07, 6.45) is 5.49. The van der Waals surface area contributed by atoms with Crippen molar-refractivity contribution < 1.29 is 9.84 Å². The summed E-state index contributed by atoms with van der Waals surface area (Å²) in [6, 6.07) is 7.91. The van der Waals surface area contributed by atoms with Gasteiger partial charge in [0.25, 0.3) is 0 Å². The van der Waals surface area contributed by atoms with Crippen molar-refractivity contribution in [1.82, 2.24) is 14.9 Å². The van der Waals surface area contributed by atoms with E-state index in [4.69, 9.17) is 4.74 Å². The Kier molecular flexibility index (Phi) is 5.31. The van der Waals surface area contributed by atoms with Gasteiger partial charge in [-0.3, -0.25) is 4.90 Å². The van der Waals surface area contributed by atoms with E-state index in [0.29, 0.717) is 19.1 Å². The number of aliphatic hydroxyl groups is 1. The highest BCUT2D eigenvalue weighted by molar-refractivity contribution is 5.27. The zero-order chi connectivity index (χ0) is 16.1. The number of aromatic nitrogens is 2. The Balaban J connectivity index is 1.46. The van der Waals surface area contributed by atoms with Crippen molar-refractivity contribution in [2.45, 2.75) is 31.8 Å². The number of nitrogens with one attached hydrogen (secondary N) is 1. The second-order valence-electron chi connectivity index (χ2n) is 6.35. The Labute approximate surface area is 137 Å². The Hall–Kier alpha value is -1.85. The number of hydrogen-bond donors (Lipinski definition) is 2. The van der Waals surface area contributed by atoms with Gasteiger partial charge in [-0.25, -0.2) is 4.98 Å². The number of aryl methyl sites for hydroxylation is 1. The average Bonchev–Trinajstić information content (AvgIpc) is 3.08. The summed E-state index contributed by atoms with van der Waals surface area (Å²) >= 11 is 0. The fraction of sp³-hybridized carbons (Fsp3) is 0.500. The summed E-state index contributed by atoms with van der Waals surface area (Å²) < 4.78 is 5.69. The fourth-order valence-electron chi connectivity index (χ4n) is 3.19. The van der Waals surface area contributed by atoms with Crippen LogP contribution in [0.3, 0.4) is 0 Å². The van der Waals surface area contributed by atoms with E-state index in [1.54, 1.807) is 6.20 Å². The summed E-state index contributed by atoms with van der Waals surface area (Å²) in [6.45, 7) is 4.97.